The molecular weight excluding hydrogens is 304 g/mol. The molecule has 124 valence electrons. The maximum atomic E-state index is 11.6. The Bertz CT molecular complexity index is 848. The van der Waals surface area contributed by atoms with Gasteiger partial charge in [0.2, 0.25) is 0 Å². The molecule has 1 aliphatic rings. The van der Waals surface area contributed by atoms with Gasteiger partial charge in [-0.2, -0.15) is 15.3 Å². The highest BCUT2D eigenvalue weighted by atomic mass is 16.5. The molecule has 6 heteroatoms. The molecule has 1 aliphatic carbocycles. The second-order valence-corrected chi connectivity index (χ2v) is 6.67. The number of hydrogen-bond acceptors (Lipinski definition) is 5. The Kier molecular flexibility index (Phi) is 4.29. The highest BCUT2D eigenvalue weighted by Gasteiger charge is 2.31. The monoisotopic (exact) mass is 324 g/mol. The first-order chi connectivity index (χ1) is 11.5. The number of aromatic amines is 1. The van der Waals surface area contributed by atoms with Gasteiger partial charge in [-0.15, -0.1) is 0 Å². The number of methoxy groups -OCH3 is 1. The molecule has 6 nitrogen and oxygen atoms in total. The average Bonchev–Trinajstić information content (AvgIpc) is 2.55. The fraction of sp³-hybridized carbons (Fsp3) is 0.333. The van der Waals surface area contributed by atoms with Gasteiger partial charge in [0.05, 0.1) is 24.7 Å². The summed E-state index contributed by atoms with van der Waals surface area (Å²) in [4.78, 5) is 11.6. The fourth-order valence-electron chi connectivity index (χ4n) is 2.82. The maximum Gasteiger partial charge on any atom is 0.264 e. The minimum atomic E-state index is -0.222. The van der Waals surface area contributed by atoms with Crippen molar-refractivity contribution in [1.82, 2.24) is 10.2 Å². The standard InChI is InChI=1S/C18H20N4O2/c1-18(2)9-15(14-8-17(23)22-21-16(14)10-18)20-19-11-12-4-6-13(24-3)7-5-12/h4-8,11H,9-10H2,1-3H3,(H,22,23)/b19-11-,20-15+. The molecule has 0 amide bonds. The van der Waals surface area contributed by atoms with Gasteiger partial charge in [0.15, 0.2) is 0 Å². The lowest BCUT2D eigenvalue weighted by atomic mass is 9.75. The summed E-state index contributed by atoms with van der Waals surface area (Å²) in [6, 6.07) is 9.12. The Labute approximate surface area is 140 Å². The van der Waals surface area contributed by atoms with Crippen molar-refractivity contribution in [1.29, 1.82) is 0 Å². The van der Waals surface area contributed by atoms with Gasteiger partial charge in [0.1, 0.15) is 5.75 Å². The molecule has 0 spiro atoms. The Morgan fingerprint density at radius 3 is 2.71 bits per heavy atom. The van der Waals surface area contributed by atoms with E-state index in [0.717, 1.165) is 41.1 Å². The van der Waals surface area contributed by atoms with Crippen molar-refractivity contribution in [2.45, 2.75) is 26.7 Å². The lowest BCUT2D eigenvalue weighted by Gasteiger charge is -2.30. The highest BCUT2D eigenvalue weighted by Crippen LogP contribution is 2.33. The first-order valence-corrected chi connectivity index (χ1v) is 7.80. The van der Waals surface area contributed by atoms with Crippen LogP contribution in [0.15, 0.2) is 45.3 Å². The van der Waals surface area contributed by atoms with Crippen molar-refractivity contribution in [3.05, 3.63) is 57.5 Å². The Morgan fingerprint density at radius 2 is 2.00 bits per heavy atom. The third kappa shape index (κ3) is 3.59. The largest absolute Gasteiger partial charge is 0.497 e. The van der Waals surface area contributed by atoms with Gasteiger partial charge in [0.25, 0.3) is 5.56 Å². The molecule has 0 bridgehead atoms. The van der Waals surface area contributed by atoms with E-state index >= 15 is 0 Å². The van der Waals surface area contributed by atoms with Gasteiger partial charge in [-0.05, 0) is 48.1 Å². The molecule has 0 radical (unpaired) electrons. The molecule has 0 aliphatic heterocycles. The number of nitrogens with zero attached hydrogens (tertiary/aromatic N) is 3. The molecule has 2 aromatic rings. The topological polar surface area (TPSA) is 79.7 Å². The minimum absolute atomic E-state index is 0.0344. The summed E-state index contributed by atoms with van der Waals surface area (Å²) in [7, 11) is 1.63. The van der Waals surface area contributed by atoms with Crippen LogP contribution >= 0.6 is 0 Å². The molecule has 0 unspecified atom stereocenters. The summed E-state index contributed by atoms with van der Waals surface area (Å²) in [6.45, 7) is 4.32. The zero-order valence-corrected chi connectivity index (χ0v) is 14.0. The number of H-pyrrole nitrogens is 1. The number of rotatable bonds is 3. The Morgan fingerprint density at radius 1 is 1.25 bits per heavy atom. The molecule has 0 atom stereocenters. The van der Waals surface area contributed by atoms with Crippen molar-refractivity contribution in [3.63, 3.8) is 0 Å². The van der Waals surface area contributed by atoms with Crippen LogP contribution in [0.3, 0.4) is 0 Å². The van der Waals surface area contributed by atoms with Gasteiger partial charge < -0.3 is 4.74 Å². The predicted molar refractivity (Wildman–Crippen MR) is 94.1 cm³/mol. The first kappa shape index (κ1) is 16.1. The molecule has 0 saturated carbocycles. The van der Waals surface area contributed by atoms with Crippen LogP contribution in [0, 0.1) is 5.41 Å². The number of nitrogens with one attached hydrogen (secondary N) is 1. The number of ether oxygens (including phenoxy) is 1. The summed E-state index contributed by atoms with van der Waals surface area (Å²) in [5, 5.41) is 15.2. The SMILES string of the molecule is COc1ccc(/C=N\N=C2/CC(C)(C)Cc3n[nH]c(=O)cc32)cc1. The van der Waals surface area contributed by atoms with Crippen molar-refractivity contribution in [2.24, 2.45) is 15.6 Å². The van der Waals surface area contributed by atoms with Crippen LogP contribution in [0.4, 0.5) is 0 Å². The van der Waals surface area contributed by atoms with Crippen LogP contribution in [0.25, 0.3) is 0 Å². The predicted octanol–water partition coefficient (Wildman–Crippen LogP) is 2.57. The molecule has 24 heavy (non-hydrogen) atoms. The normalized spacial score (nSPS) is 17.9. The zero-order valence-electron chi connectivity index (χ0n) is 14.0. The van der Waals surface area contributed by atoms with E-state index in [1.54, 1.807) is 19.4 Å². The third-order valence-corrected chi connectivity index (χ3v) is 3.99. The molecule has 1 aromatic carbocycles. The van der Waals surface area contributed by atoms with Gasteiger partial charge in [0, 0.05) is 11.6 Å². The molecule has 3 rings (SSSR count). The van der Waals surface area contributed by atoms with E-state index in [-0.39, 0.29) is 11.0 Å². The van der Waals surface area contributed by atoms with Crippen molar-refractivity contribution >= 4 is 11.9 Å². The second kappa shape index (κ2) is 6.39. The molecule has 0 fully saturated rings. The maximum absolute atomic E-state index is 11.6. The number of fused-ring (bicyclic) bond motifs is 1. The molecule has 0 saturated heterocycles. The zero-order chi connectivity index (χ0) is 17.2. The van der Waals surface area contributed by atoms with E-state index in [4.69, 9.17) is 4.74 Å². The fourth-order valence-corrected chi connectivity index (χ4v) is 2.82. The van der Waals surface area contributed by atoms with Crippen LogP contribution in [-0.4, -0.2) is 29.2 Å². The van der Waals surface area contributed by atoms with Crippen LogP contribution in [0.5, 0.6) is 5.75 Å². The van der Waals surface area contributed by atoms with Gasteiger partial charge in [-0.3, -0.25) is 4.79 Å². The Balaban J connectivity index is 1.89. The lowest BCUT2D eigenvalue weighted by molar-refractivity contribution is 0.365. The van der Waals surface area contributed by atoms with E-state index in [2.05, 4.69) is 34.2 Å². The van der Waals surface area contributed by atoms with Crippen LogP contribution in [0.1, 0.15) is 37.1 Å². The smallest absolute Gasteiger partial charge is 0.264 e. The summed E-state index contributed by atoms with van der Waals surface area (Å²) >= 11 is 0. The summed E-state index contributed by atoms with van der Waals surface area (Å²) in [5.41, 5.74) is 3.20. The number of aromatic nitrogens is 2. The summed E-state index contributed by atoms with van der Waals surface area (Å²) in [5.74, 6) is 0.798. The van der Waals surface area contributed by atoms with Crippen molar-refractivity contribution < 1.29 is 4.74 Å². The van der Waals surface area contributed by atoms with Crippen LogP contribution < -0.4 is 10.3 Å². The van der Waals surface area contributed by atoms with Gasteiger partial charge in [-0.25, -0.2) is 5.10 Å². The molecule has 1 N–H and O–H groups in total. The molecule has 1 aromatic heterocycles. The number of benzene rings is 1. The van der Waals surface area contributed by atoms with Crippen molar-refractivity contribution in [3.8, 4) is 5.75 Å². The highest BCUT2D eigenvalue weighted by molar-refractivity contribution is 6.03. The van der Waals surface area contributed by atoms with E-state index in [0.29, 0.717) is 0 Å². The Hall–Kier alpha value is -2.76. The average molecular weight is 324 g/mol. The minimum Gasteiger partial charge on any atom is -0.497 e. The quantitative estimate of drug-likeness (QED) is 0.696. The summed E-state index contributed by atoms with van der Waals surface area (Å²) < 4.78 is 5.13. The van der Waals surface area contributed by atoms with E-state index in [1.165, 1.54) is 0 Å². The number of hydrogen-bond donors (Lipinski definition) is 1. The second-order valence-electron chi connectivity index (χ2n) is 6.67. The van der Waals surface area contributed by atoms with Gasteiger partial charge in [-0.1, -0.05) is 13.8 Å². The molecular formula is C18H20N4O2. The first-order valence-electron chi connectivity index (χ1n) is 7.80. The van der Waals surface area contributed by atoms with Gasteiger partial charge >= 0.3 is 0 Å². The van der Waals surface area contributed by atoms with E-state index in [1.807, 2.05) is 24.3 Å². The molecule has 1 heterocycles. The lowest BCUT2D eigenvalue weighted by Crippen LogP contribution is -2.30. The van der Waals surface area contributed by atoms with E-state index < -0.39 is 0 Å². The summed E-state index contributed by atoms with van der Waals surface area (Å²) in [6.07, 6.45) is 3.25. The van der Waals surface area contributed by atoms with Crippen LogP contribution in [0.2, 0.25) is 0 Å². The van der Waals surface area contributed by atoms with E-state index in [9.17, 15) is 4.79 Å². The third-order valence-electron chi connectivity index (χ3n) is 3.99. The van der Waals surface area contributed by atoms with Crippen molar-refractivity contribution in [2.75, 3.05) is 7.11 Å². The van der Waals surface area contributed by atoms with Crippen LogP contribution in [-0.2, 0) is 6.42 Å².